The SMILES string of the molecule is CN1CCc2ccc(OCC3CCN(Cc4ccccc4O)CC3)cc2C1. The first-order chi connectivity index (χ1) is 13.2. The molecule has 0 spiro atoms. The highest BCUT2D eigenvalue weighted by Crippen LogP contribution is 2.26. The number of likely N-dealkylation sites (N-methyl/N-ethyl adjacent to an activating group) is 1. The van der Waals surface area contributed by atoms with Gasteiger partial charge in [0.25, 0.3) is 0 Å². The molecule has 0 radical (unpaired) electrons. The summed E-state index contributed by atoms with van der Waals surface area (Å²) in [7, 11) is 2.18. The predicted molar refractivity (Wildman–Crippen MR) is 108 cm³/mol. The molecule has 2 aromatic rings. The molecule has 4 rings (SSSR count). The number of benzene rings is 2. The van der Waals surface area contributed by atoms with E-state index in [9.17, 15) is 5.11 Å². The van der Waals surface area contributed by atoms with Crippen LogP contribution in [0.1, 0.15) is 29.5 Å². The number of hydrogen-bond donors (Lipinski definition) is 1. The molecule has 4 heteroatoms. The van der Waals surface area contributed by atoms with Gasteiger partial charge in [-0.15, -0.1) is 0 Å². The van der Waals surface area contributed by atoms with Gasteiger partial charge in [-0.1, -0.05) is 24.3 Å². The number of aromatic hydroxyl groups is 1. The van der Waals surface area contributed by atoms with Crippen LogP contribution in [0.15, 0.2) is 42.5 Å². The third-order valence-corrected chi connectivity index (χ3v) is 5.96. The molecule has 0 aliphatic carbocycles. The van der Waals surface area contributed by atoms with E-state index in [1.807, 2.05) is 18.2 Å². The monoisotopic (exact) mass is 366 g/mol. The maximum absolute atomic E-state index is 9.95. The Morgan fingerprint density at radius 1 is 1.04 bits per heavy atom. The molecule has 0 unspecified atom stereocenters. The van der Waals surface area contributed by atoms with E-state index in [4.69, 9.17) is 4.74 Å². The smallest absolute Gasteiger partial charge is 0.120 e. The average molecular weight is 367 g/mol. The first-order valence-electron chi connectivity index (χ1n) is 10.1. The van der Waals surface area contributed by atoms with Gasteiger partial charge in [-0.2, -0.15) is 0 Å². The number of likely N-dealkylation sites (tertiary alicyclic amines) is 1. The minimum atomic E-state index is 0.404. The topological polar surface area (TPSA) is 35.9 Å². The molecule has 0 amide bonds. The number of piperidine rings is 1. The molecular formula is C23H30N2O2. The molecular weight excluding hydrogens is 336 g/mol. The van der Waals surface area contributed by atoms with Crippen molar-refractivity contribution in [1.29, 1.82) is 0 Å². The fourth-order valence-corrected chi connectivity index (χ4v) is 4.18. The van der Waals surface area contributed by atoms with Crippen LogP contribution in [0.4, 0.5) is 0 Å². The summed E-state index contributed by atoms with van der Waals surface area (Å²) in [5.41, 5.74) is 3.91. The number of para-hydroxylation sites is 1. The zero-order valence-corrected chi connectivity index (χ0v) is 16.2. The number of hydrogen-bond acceptors (Lipinski definition) is 4. The number of phenolic OH excluding ortho intramolecular Hbond substituents is 1. The summed E-state index contributed by atoms with van der Waals surface area (Å²) >= 11 is 0. The molecule has 144 valence electrons. The van der Waals surface area contributed by atoms with Gasteiger partial charge in [-0.25, -0.2) is 0 Å². The molecule has 1 N–H and O–H groups in total. The Labute approximate surface area is 162 Å². The molecule has 0 aromatic heterocycles. The molecule has 0 bridgehead atoms. The zero-order valence-electron chi connectivity index (χ0n) is 16.2. The van der Waals surface area contributed by atoms with Gasteiger partial charge in [-0.3, -0.25) is 4.90 Å². The van der Waals surface area contributed by atoms with Crippen molar-refractivity contribution >= 4 is 0 Å². The summed E-state index contributed by atoms with van der Waals surface area (Å²) in [6.45, 7) is 5.94. The minimum absolute atomic E-state index is 0.404. The third kappa shape index (κ3) is 4.63. The first kappa shape index (κ1) is 18.3. The van der Waals surface area contributed by atoms with E-state index >= 15 is 0 Å². The van der Waals surface area contributed by atoms with Crippen molar-refractivity contribution in [2.24, 2.45) is 5.92 Å². The van der Waals surface area contributed by atoms with Crippen molar-refractivity contribution < 1.29 is 9.84 Å². The molecule has 2 aromatic carbocycles. The van der Waals surface area contributed by atoms with Crippen LogP contribution in [-0.2, 0) is 19.5 Å². The van der Waals surface area contributed by atoms with Gasteiger partial charge >= 0.3 is 0 Å². The van der Waals surface area contributed by atoms with Crippen LogP contribution in [0.2, 0.25) is 0 Å². The maximum atomic E-state index is 9.95. The molecule has 0 atom stereocenters. The molecule has 1 saturated heterocycles. The standard InChI is InChI=1S/C23H30N2O2/c1-24-11-10-19-6-7-22(14-21(19)15-24)27-17-18-8-12-25(13-9-18)16-20-4-2-3-5-23(20)26/h2-7,14,18,26H,8-13,15-17H2,1H3. The normalized spacial score (nSPS) is 19.0. The Morgan fingerprint density at radius 3 is 2.67 bits per heavy atom. The molecule has 1 fully saturated rings. The predicted octanol–water partition coefficient (Wildman–Crippen LogP) is 3.67. The molecule has 4 nitrogen and oxygen atoms in total. The molecule has 2 aliphatic heterocycles. The lowest BCUT2D eigenvalue weighted by atomic mass is 9.97. The van der Waals surface area contributed by atoms with E-state index in [0.717, 1.165) is 69.9 Å². The van der Waals surface area contributed by atoms with Crippen molar-refractivity contribution in [2.75, 3.05) is 33.3 Å². The Kier molecular flexibility index (Phi) is 5.65. The third-order valence-electron chi connectivity index (χ3n) is 5.96. The van der Waals surface area contributed by atoms with E-state index in [1.54, 1.807) is 6.07 Å². The van der Waals surface area contributed by atoms with Crippen molar-refractivity contribution in [3.05, 3.63) is 59.2 Å². The fraction of sp³-hybridized carbons (Fsp3) is 0.478. The van der Waals surface area contributed by atoms with Crippen LogP contribution in [0, 0.1) is 5.92 Å². The summed E-state index contributed by atoms with van der Waals surface area (Å²) in [4.78, 5) is 4.80. The van der Waals surface area contributed by atoms with E-state index in [-0.39, 0.29) is 0 Å². The van der Waals surface area contributed by atoms with Gasteiger partial charge in [0.05, 0.1) is 6.61 Å². The molecule has 27 heavy (non-hydrogen) atoms. The summed E-state index contributed by atoms with van der Waals surface area (Å²) in [5.74, 6) is 2.03. The average Bonchev–Trinajstić information content (AvgIpc) is 2.69. The second kappa shape index (κ2) is 8.32. The lowest BCUT2D eigenvalue weighted by molar-refractivity contribution is 0.136. The Hall–Kier alpha value is -2.04. The van der Waals surface area contributed by atoms with E-state index in [2.05, 4.69) is 35.0 Å². The van der Waals surface area contributed by atoms with Crippen molar-refractivity contribution in [3.8, 4) is 11.5 Å². The Morgan fingerprint density at radius 2 is 1.85 bits per heavy atom. The van der Waals surface area contributed by atoms with Gasteiger partial charge < -0.3 is 14.7 Å². The highest BCUT2D eigenvalue weighted by Gasteiger charge is 2.21. The van der Waals surface area contributed by atoms with E-state index in [0.29, 0.717) is 11.7 Å². The largest absolute Gasteiger partial charge is 0.508 e. The van der Waals surface area contributed by atoms with Crippen molar-refractivity contribution in [2.45, 2.75) is 32.4 Å². The zero-order chi connectivity index (χ0) is 18.6. The van der Waals surface area contributed by atoms with Gasteiger partial charge in [-0.05, 0) is 74.6 Å². The van der Waals surface area contributed by atoms with Crippen LogP contribution in [-0.4, -0.2) is 48.2 Å². The maximum Gasteiger partial charge on any atom is 0.120 e. The number of nitrogens with zero attached hydrogens (tertiary/aromatic N) is 2. The van der Waals surface area contributed by atoms with Crippen molar-refractivity contribution in [3.63, 3.8) is 0 Å². The number of rotatable bonds is 5. The summed E-state index contributed by atoms with van der Waals surface area (Å²) < 4.78 is 6.14. The summed E-state index contributed by atoms with van der Waals surface area (Å²) in [6.07, 6.45) is 3.45. The highest BCUT2D eigenvalue weighted by molar-refractivity contribution is 5.37. The minimum Gasteiger partial charge on any atom is -0.508 e. The van der Waals surface area contributed by atoms with Gasteiger partial charge in [0, 0.05) is 25.2 Å². The van der Waals surface area contributed by atoms with Crippen LogP contribution in [0.5, 0.6) is 11.5 Å². The van der Waals surface area contributed by atoms with Crippen LogP contribution in [0.3, 0.4) is 0 Å². The fourth-order valence-electron chi connectivity index (χ4n) is 4.18. The quantitative estimate of drug-likeness (QED) is 0.876. The second-order valence-corrected chi connectivity index (χ2v) is 8.08. The molecule has 2 heterocycles. The van der Waals surface area contributed by atoms with Gasteiger partial charge in [0.1, 0.15) is 11.5 Å². The lowest BCUT2D eigenvalue weighted by Gasteiger charge is -2.32. The van der Waals surface area contributed by atoms with Gasteiger partial charge in [0.2, 0.25) is 0 Å². The lowest BCUT2D eigenvalue weighted by Crippen LogP contribution is -2.35. The number of phenols is 1. The summed E-state index contributed by atoms with van der Waals surface area (Å²) in [5, 5.41) is 9.95. The summed E-state index contributed by atoms with van der Waals surface area (Å²) in [6, 6.07) is 14.3. The highest BCUT2D eigenvalue weighted by atomic mass is 16.5. The Balaban J connectivity index is 1.25. The molecule has 2 aliphatic rings. The number of ether oxygens (including phenoxy) is 1. The van der Waals surface area contributed by atoms with Crippen LogP contribution >= 0.6 is 0 Å². The first-order valence-corrected chi connectivity index (χ1v) is 10.1. The van der Waals surface area contributed by atoms with Crippen LogP contribution in [0.25, 0.3) is 0 Å². The van der Waals surface area contributed by atoms with Gasteiger partial charge in [0.15, 0.2) is 0 Å². The van der Waals surface area contributed by atoms with E-state index in [1.165, 1.54) is 11.1 Å². The Bertz CT molecular complexity index is 769. The number of fused-ring (bicyclic) bond motifs is 1. The molecule has 0 saturated carbocycles. The van der Waals surface area contributed by atoms with E-state index < -0.39 is 0 Å². The van der Waals surface area contributed by atoms with Crippen molar-refractivity contribution in [1.82, 2.24) is 9.80 Å². The second-order valence-electron chi connectivity index (χ2n) is 8.08. The van der Waals surface area contributed by atoms with Crippen LogP contribution < -0.4 is 4.74 Å².